The molecule has 0 saturated carbocycles. The third kappa shape index (κ3) is 7.79. The quantitative estimate of drug-likeness (QED) is 0.641. The number of amides is 2. The van der Waals surface area contributed by atoms with Crippen LogP contribution in [-0.4, -0.2) is 31.5 Å². The first-order chi connectivity index (χ1) is 12.6. The topological polar surface area (TPSA) is 67.4 Å². The van der Waals surface area contributed by atoms with Crippen LogP contribution < -0.4 is 15.4 Å². The van der Waals surface area contributed by atoms with Crippen molar-refractivity contribution in [2.75, 3.05) is 19.7 Å². The zero-order valence-corrected chi connectivity index (χ0v) is 14.5. The molecule has 2 amide bonds. The van der Waals surface area contributed by atoms with Crippen molar-refractivity contribution >= 4 is 11.8 Å². The predicted octanol–water partition coefficient (Wildman–Crippen LogP) is 2.46. The van der Waals surface area contributed by atoms with E-state index in [2.05, 4.69) is 10.6 Å². The summed E-state index contributed by atoms with van der Waals surface area (Å²) in [6.45, 7) is 0.979. The lowest BCUT2D eigenvalue weighted by molar-refractivity contribution is -0.125. The van der Waals surface area contributed by atoms with Crippen LogP contribution in [0.3, 0.4) is 0 Å². The Balaban J connectivity index is 1.49. The molecule has 0 unspecified atom stereocenters. The number of carbonyl (C=O) groups is 2. The summed E-state index contributed by atoms with van der Waals surface area (Å²) in [5.74, 6) is -0.0719. The lowest BCUT2D eigenvalue weighted by Gasteiger charge is -2.08. The van der Waals surface area contributed by atoms with Gasteiger partial charge in [0.25, 0.3) is 0 Å². The number of carbonyl (C=O) groups excluding carboxylic acids is 2. The van der Waals surface area contributed by atoms with Crippen LogP contribution in [0.5, 0.6) is 5.75 Å². The van der Waals surface area contributed by atoms with Gasteiger partial charge in [0.05, 0.1) is 19.6 Å². The molecule has 0 aliphatic carbocycles. The number of ether oxygens (including phenoxy) is 1. The second-order valence-electron chi connectivity index (χ2n) is 5.80. The van der Waals surface area contributed by atoms with Crippen molar-refractivity contribution in [3.8, 4) is 5.75 Å². The van der Waals surface area contributed by atoms with Crippen LogP contribution in [0, 0.1) is 5.82 Å². The summed E-state index contributed by atoms with van der Waals surface area (Å²) in [5.41, 5.74) is 0.909. The first-order valence-electron chi connectivity index (χ1n) is 8.59. The molecular weight excluding hydrogens is 335 g/mol. The van der Waals surface area contributed by atoms with Crippen molar-refractivity contribution in [1.29, 1.82) is 0 Å². The lowest BCUT2D eigenvalue weighted by atomic mass is 10.1. The van der Waals surface area contributed by atoms with Gasteiger partial charge in [-0.25, -0.2) is 4.39 Å². The van der Waals surface area contributed by atoms with Crippen molar-refractivity contribution in [2.24, 2.45) is 0 Å². The van der Waals surface area contributed by atoms with Crippen LogP contribution in [0.25, 0.3) is 0 Å². The van der Waals surface area contributed by atoms with Crippen LogP contribution in [0.2, 0.25) is 0 Å². The summed E-state index contributed by atoms with van der Waals surface area (Å²) < 4.78 is 18.2. The number of rotatable bonds is 10. The molecular formula is C20H23FN2O3. The number of benzene rings is 2. The summed E-state index contributed by atoms with van der Waals surface area (Å²) in [7, 11) is 0. The summed E-state index contributed by atoms with van der Waals surface area (Å²) >= 11 is 0. The maximum Gasteiger partial charge on any atom is 0.239 e. The Morgan fingerprint density at radius 2 is 1.62 bits per heavy atom. The Morgan fingerprint density at radius 3 is 2.35 bits per heavy atom. The van der Waals surface area contributed by atoms with Gasteiger partial charge in [0.1, 0.15) is 11.6 Å². The monoisotopic (exact) mass is 358 g/mol. The minimum absolute atomic E-state index is 0.0300. The molecule has 5 nitrogen and oxygen atoms in total. The van der Waals surface area contributed by atoms with Crippen molar-refractivity contribution in [2.45, 2.75) is 19.3 Å². The van der Waals surface area contributed by atoms with E-state index in [-0.39, 0.29) is 30.6 Å². The second-order valence-corrected chi connectivity index (χ2v) is 5.80. The van der Waals surface area contributed by atoms with E-state index in [1.165, 1.54) is 12.1 Å². The standard InChI is InChI=1S/C20H23FN2O3/c21-17-8-10-18(11-9-17)26-13-5-4-12-22-20(25)15-23-19(24)14-16-6-2-1-3-7-16/h1-3,6-11H,4-5,12-15H2,(H,22,25)(H,23,24). The number of halogens is 1. The average molecular weight is 358 g/mol. The largest absolute Gasteiger partial charge is 0.494 e. The first-order valence-corrected chi connectivity index (χ1v) is 8.59. The Bertz CT molecular complexity index is 690. The molecule has 0 saturated heterocycles. The highest BCUT2D eigenvalue weighted by molar-refractivity contribution is 5.85. The Morgan fingerprint density at radius 1 is 0.885 bits per heavy atom. The van der Waals surface area contributed by atoms with Gasteiger partial charge in [-0.15, -0.1) is 0 Å². The van der Waals surface area contributed by atoms with Gasteiger partial charge in [0.2, 0.25) is 11.8 Å². The maximum atomic E-state index is 12.8. The molecule has 2 aromatic rings. The van der Waals surface area contributed by atoms with E-state index in [4.69, 9.17) is 4.74 Å². The van der Waals surface area contributed by atoms with Crippen molar-refractivity contribution in [3.05, 3.63) is 66.0 Å². The van der Waals surface area contributed by atoms with Crippen LogP contribution >= 0.6 is 0 Å². The summed E-state index contributed by atoms with van der Waals surface area (Å²) in [6.07, 6.45) is 1.78. The van der Waals surface area contributed by atoms with E-state index >= 15 is 0 Å². The highest BCUT2D eigenvalue weighted by atomic mass is 19.1. The summed E-state index contributed by atoms with van der Waals surface area (Å²) in [5, 5.41) is 5.35. The van der Waals surface area contributed by atoms with Crippen LogP contribution in [0.1, 0.15) is 18.4 Å². The molecule has 0 spiro atoms. The van der Waals surface area contributed by atoms with E-state index in [9.17, 15) is 14.0 Å². The Labute approximate surface area is 152 Å². The zero-order valence-electron chi connectivity index (χ0n) is 14.5. The molecule has 2 aromatic carbocycles. The van der Waals surface area contributed by atoms with E-state index in [1.54, 1.807) is 12.1 Å². The van der Waals surface area contributed by atoms with Gasteiger partial charge in [-0.3, -0.25) is 9.59 Å². The molecule has 0 aliphatic rings. The number of nitrogens with one attached hydrogen (secondary N) is 2. The summed E-state index contributed by atoms with van der Waals surface area (Å²) in [4.78, 5) is 23.5. The molecule has 6 heteroatoms. The molecule has 0 atom stereocenters. The third-order valence-electron chi connectivity index (χ3n) is 3.63. The molecule has 0 radical (unpaired) electrons. The minimum atomic E-state index is -0.295. The number of hydrogen-bond acceptors (Lipinski definition) is 3. The van der Waals surface area contributed by atoms with Gasteiger partial charge in [0.15, 0.2) is 0 Å². The molecule has 26 heavy (non-hydrogen) atoms. The van der Waals surface area contributed by atoms with Gasteiger partial charge in [-0.1, -0.05) is 30.3 Å². The van der Waals surface area contributed by atoms with Gasteiger partial charge >= 0.3 is 0 Å². The number of hydrogen-bond donors (Lipinski definition) is 2. The summed E-state index contributed by atoms with van der Waals surface area (Å²) in [6, 6.07) is 15.2. The smallest absolute Gasteiger partial charge is 0.239 e. The Hall–Kier alpha value is -2.89. The molecule has 138 valence electrons. The van der Waals surface area contributed by atoms with Crippen molar-refractivity contribution < 1.29 is 18.7 Å². The maximum absolute atomic E-state index is 12.8. The molecule has 0 fully saturated rings. The van der Waals surface area contributed by atoms with E-state index in [1.807, 2.05) is 30.3 Å². The third-order valence-corrected chi connectivity index (χ3v) is 3.63. The molecule has 0 aliphatic heterocycles. The molecule has 2 rings (SSSR count). The van der Waals surface area contributed by atoms with Gasteiger partial charge in [0, 0.05) is 6.54 Å². The normalized spacial score (nSPS) is 10.2. The fraction of sp³-hybridized carbons (Fsp3) is 0.300. The number of unbranched alkanes of at least 4 members (excludes halogenated alkanes) is 1. The Kier molecular flexibility index (Phi) is 8.12. The van der Waals surface area contributed by atoms with E-state index in [0.29, 0.717) is 18.9 Å². The fourth-order valence-corrected chi connectivity index (χ4v) is 2.26. The molecule has 0 bridgehead atoms. The van der Waals surface area contributed by atoms with Crippen LogP contribution in [0.4, 0.5) is 4.39 Å². The highest BCUT2D eigenvalue weighted by Crippen LogP contribution is 2.11. The van der Waals surface area contributed by atoms with Gasteiger partial charge < -0.3 is 15.4 Å². The van der Waals surface area contributed by atoms with E-state index in [0.717, 1.165) is 18.4 Å². The van der Waals surface area contributed by atoms with Crippen LogP contribution in [-0.2, 0) is 16.0 Å². The predicted molar refractivity (Wildman–Crippen MR) is 97.3 cm³/mol. The zero-order chi connectivity index (χ0) is 18.6. The van der Waals surface area contributed by atoms with Crippen molar-refractivity contribution in [1.82, 2.24) is 10.6 Å². The van der Waals surface area contributed by atoms with E-state index < -0.39 is 0 Å². The minimum Gasteiger partial charge on any atom is -0.494 e. The highest BCUT2D eigenvalue weighted by Gasteiger charge is 2.06. The molecule has 2 N–H and O–H groups in total. The SMILES string of the molecule is O=C(CNC(=O)Cc1ccccc1)NCCCCOc1ccc(F)cc1. The molecule has 0 aromatic heterocycles. The fourth-order valence-electron chi connectivity index (χ4n) is 2.26. The van der Waals surface area contributed by atoms with Gasteiger partial charge in [-0.2, -0.15) is 0 Å². The van der Waals surface area contributed by atoms with Crippen LogP contribution in [0.15, 0.2) is 54.6 Å². The lowest BCUT2D eigenvalue weighted by Crippen LogP contribution is -2.37. The van der Waals surface area contributed by atoms with Crippen molar-refractivity contribution in [3.63, 3.8) is 0 Å². The van der Waals surface area contributed by atoms with Gasteiger partial charge in [-0.05, 0) is 42.7 Å². The average Bonchev–Trinajstić information content (AvgIpc) is 2.65. The molecule has 0 heterocycles. The second kappa shape index (κ2) is 10.9. The first kappa shape index (κ1) is 19.4.